The second-order valence-electron chi connectivity index (χ2n) is 4.51. The molecule has 1 aromatic carbocycles. The van der Waals surface area contributed by atoms with Gasteiger partial charge in [0.15, 0.2) is 0 Å². The number of hydrogen-bond acceptors (Lipinski definition) is 4. The fourth-order valence-corrected chi connectivity index (χ4v) is 2.22. The first kappa shape index (κ1) is 16.6. The minimum absolute atomic E-state index is 0.00975. The van der Waals surface area contributed by atoms with Gasteiger partial charge in [0.2, 0.25) is 5.91 Å². The number of sulfone groups is 1. The largest absolute Gasteiger partial charge is 0.395 e. The van der Waals surface area contributed by atoms with Gasteiger partial charge in [-0.15, -0.1) is 0 Å². The first-order valence-corrected chi connectivity index (χ1v) is 8.19. The Kier molecular flexibility index (Phi) is 6.09. The summed E-state index contributed by atoms with van der Waals surface area (Å²) in [5, 5.41) is 8.96. The van der Waals surface area contributed by atoms with Crippen LogP contribution in [0.3, 0.4) is 0 Å². The van der Waals surface area contributed by atoms with E-state index in [1.54, 1.807) is 18.2 Å². The lowest BCUT2D eigenvalue weighted by molar-refractivity contribution is -0.131. The molecule has 1 rings (SSSR count). The molecule has 0 unspecified atom stereocenters. The molecule has 0 radical (unpaired) electrons. The van der Waals surface area contributed by atoms with Gasteiger partial charge in [0.1, 0.15) is 15.7 Å². The van der Waals surface area contributed by atoms with E-state index >= 15 is 0 Å². The standard InChI is InChI=1S/C13H18FNO4S/c1-20(18,19)9-6-13(17)15(7-8-16)10-11-4-2-3-5-12(11)14/h2-5,16H,6-10H2,1H3. The van der Waals surface area contributed by atoms with Crippen molar-refractivity contribution >= 4 is 15.7 Å². The second-order valence-corrected chi connectivity index (χ2v) is 6.77. The Morgan fingerprint density at radius 3 is 2.55 bits per heavy atom. The molecule has 0 saturated heterocycles. The van der Waals surface area contributed by atoms with Crippen LogP contribution in [-0.4, -0.2) is 49.5 Å². The molecule has 1 N–H and O–H groups in total. The van der Waals surface area contributed by atoms with Crippen molar-refractivity contribution in [2.45, 2.75) is 13.0 Å². The van der Waals surface area contributed by atoms with Gasteiger partial charge in [-0.2, -0.15) is 0 Å². The molecule has 0 aliphatic heterocycles. The average molecular weight is 303 g/mol. The lowest BCUT2D eigenvalue weighted by Gasteiger charge is -2.22. The fraction of sp³-hybridized carbons (Fsp3) is 0.462. The topological polar surface area (TPSA) is 74.7 Å². The van der Waals surface area contributed by atoms with Gasteiger partial charge in [-0.05, 0) is 6.07 Å². The molecule has 112 valence electrons. The van der Waals surface area contributed by atoms with Gasteiger partial charge >= 0.3 is 0 Å². The van der Waals surface area contributed by atoms with Crippen molar-refractivity contribution in [3.63, 3.8) is 0 Å². The summed E-state index contributed by atoms with van der Waals surface area (Å²) in [5.74, 6) is -1.12. The van der Waals surface area contributed by atoms with Crippen molar-refractivity contribution in [1.82, 2.24) is 4.90 Å². The first-order chi connectivity index (χ1) is 9.33. The Morgan fingerprint density at radius 1 is 1.35 bits per heavy atom. The Balaban J connectivity index is 2.73. The maximum atomic E-state index is 13.5. The van der Waals surface area contributed by atoms with Crippen LogP contribution in [0.1, 0.15) is 12.0 Å². The molecule has 0 saturated carbocycles. The summed E-state index contributed by atoms with van der Waals surface area (Å²) < 4.78 is 35.6. The van der Waals surface area contributed by atoms with E-state index in [2.05, 4.69) is 0 Å². The number of halogens is 1. The van der Waals surface area contributed by atoms with E-state index in [0.29, 0.717) is 5.56 Å². The minimum Gasteiger partial charge on any atom is -0.395 e. The summed E-state index contributed by atoms with van der Waals surface area (Å²) in [4.78, 5) is 13.2. The molecule has 0 aliphatic carbocycles. The third-order valence-electron chi connectivity index (χ3n) is 2.73. The van der Waals surface area contributed by atoms with E-state index < -0.39 is 21.6 Å². The van der Waals surface area contributed by atoms with Gasteiger partial charge in [-0.3, -0.25) is 4.79 Å². The lowest BCUT2D eigenvalue weighted by atomic mass is 10.2. The van der Waals surface area contributed by atoms with Gasteiger partial charge in [-0.25, -0.2) is 12.8 Å². The molecule has 1 amide bonds. The SMILES string of the molecule is CS(=O)(=O)CCC(=O)N(CCO)Cc1ccccc1F. The summed E-state index contributed by atoms with van der Waals surface area (Å²) in [7, 11) is -3.23. The highest BCUT2D eigenvalue weighted by molar-refractivity contribution is 7.90. The zero-order valence-corrected chi connectivity index (χ0v) is 12.1. The van der Waals surface area contributed by atoms with Crippen molar-refractivity contribution in [3.8, 4) is 0 Å². The Morgan fingerprint density at radius 2 is 2.00 bits per heavy atom. The summed E-state index contributed by atoms with van der Waals surface area (Å²) in [6.07, 6.45) is 0.876. The third-order valence-corrected chi connectivity index (χ3v) is 3.67. The van der Waals surface area contributed by atoms with E-state index in [0.717, 1.165) is 6.26 Å². The number of hydrogen-bond donors (Lipinski definition) is 1. The van der Waals surface area contributed by atoms with Crippen LogP contribution in [0.4, 0.5) is 4.39 Å². The van der Waals surface area contributed by atoms with Gasteiger partial charge < -0.3 is 10.0 Å². The number of carbonyl (C=O) groups excluding carboxylic acids is 1. The molecule has 5 nitrogen and oxygen atoms in total. The normalized spacial score (nSPS) is 11.3. The quantitative estimate of drug-likeness (QED) is 0.799. The Bertz CT molecular complexity index is 559. The summed E-state index contributed by atoms with van der Waals surface area (Å²) in [5.41, 5.74) is 0.327. The molecule has 0 spiro atoms. The molecule has 0 aliphatic rings. The number of aliphatic hydroxyl groups excluding tert-OH is 1. The zero-order chi connectivity index (χ0) is 15.2. The van der Waals surface area contributed by atoms with Crippen LogP contribution >= 0.6 is 0 Å². The molecule has 0 aromatic heterocycles. The van der Waals surface area contributed by atoms with Crippen LogP contribution in [0.15, 0.2) is 24.3 Å². The van der Waals surface area contributed by atoms with E-state index in [9.17, 15) is 17.6 Å². The molecule has 0 fully saturated rings. The van der Waals surface area contributed by atoms with Gasteiger partial charge in [0, 0.05) is 31.3 Å². The summed E-state index contributed by atoms with van der Waals surface area (Å²) >= 11 is 0. The van der Waals surface area contributed by atoms with Crippen molar-refractivity contribution in [1.29, 1.82) is 0 Å². The summed E-state index contributed by atoms with van der Waals surface area (Å²) in [6.45, 7) is -0.216. The van der Waals surface area contributed by atoms with Crippen molar-refractivity contribution in [3.05, 3.63) is 35.6 Å². The van der Waals surface area contributed by atoms with Crippen LogP contribution in [0, 0.1) is 5.82 Å². The molecule has 7 heteroatoms. The molecule has 1 aromatic rings. The number of nitrogens with zero attached hydrogens (tertiary/aromatic N) is 1. The van der Waals surface area contributed by atoms with Crippen LogP contribution < -0.4 is 0 Å². The second kappa shape index (κ2) is 7.35. The van der Waals surface area contributed by atoms with Crippen molar-refractivity contribution < 1.29 is 22.7 Å². The summed E-state index contributed by atoms with van der Waals surface area (Å²) in [6, 6.07) is 6.02. The Labute approximate surface area is 117 Å². The van der Waals surface area contributed by atoms with Crippen LogP contribution in [-0.2, 0) is 21.2 Å². The van der Waals surface area contributed by atoms with Crippen LogP contribution in [0.5, 0.6) is 0 Å². The third kappa shape index (κ3) is 5.66. The molecule has 0 bridgehead atoms. The number of rotatable bonds is 7. The van der Waals surface area contributed by atoms with Crippen molar-refractivity contribution in [2.75, 3.05) is 25.2 Å². The predicted octanol–water partition coefficient (Wildman–Crippen LogP) is 0.581. The smallest absolute Gasteiger partial charge is 0.223 e. The van der Waals surface area contributed by atoms with Gasteiger partial charge in [-0.1, -0.05) is 18.2 Å². The molecule has 0 heterocycles. The predicted molar refractivity (Wildman–Crippen MR) is 73.2 cm³/mol. The van der Waals surface area contributed by atoms with E-state index in [1.807, 2.05) is 0 Å². The highest BCUT2D eigenvalue weighted by Gasteiger charge is 2.17. The highest BCUT2D eigenvalue weighted by Crippen LogP contribution is 2.11. The van der Waals surface area contributed by atoms with E-state index in [-0.39, 0.29) is 31.9 Å². The zero-order valence-electron chi connectivity index (χ0n) is 11.3. The molecule has 20 heavy (non-hydrogen) atoms. The number of aliphatic hydroxyl groups is 1. The molecular weight excluding hydrogens is 285 g/mol. The van der Waals surface area contributed by atoms with E-state index in [4.69, 9.17) is 5.11 Å². The van der Waals surface area contributed by atoms with E-state index in [1.165, 1.54) is 11.0 Å². The number of carbonyl (C=O) groups is 1. The minimum atomic E-state index is -3.23. The fourth-order valence-electron chi connectivity index (χ4n) is 1.68. The van der Waals surface area contributed by atoms with Crippen molar-refractivity contribution in [2.24, 2.45) is 0 Å². The van der Waals surface area contributed by atoms with Gasteiger partial charge in [0.25, 0.3) is 0 Å². The maximum Gasteiger partial charge on any atom is 0.223 e. The van der Waals surface area contributed by atoms with Crippen LogP contribution in [0.2, 0.25) is 0 Å². The Hall–Kier alpha value is -1.47. The van der Waals surface area contributed by atoms with Crippen LogP contribution in [0.25, 0.3) is 0 Å². The van der Waals surface area contributed by atoms with Gasteiger partial charge in [0.05, 0.1) is 12.4 Å². The number of amides is 1. The lowest BCUT2D eigenvalue weighted by Crippen LogP contribution is -2.34. The molecular formula is C13H18FNO4S. The maximum absolute atomic E-state index is 13.5. The number of benzene rings is 1. The first-order valence-electron chi connectivity index (χ1n) is 6.13. The molecule has 0 atom stereocenters. The highest BCUT2D eigenvalue weighted by atomic mass is 32.2. The average Bonchev–Trinajstić information content (AvgIpc) is 2.37. The monoisotopic (exact) mass is 303 g/mol.